The number of para-hydroxylation sites is 1. The van der Waals surface area contributed by atoms with Gasteiger partial charge in [-0.15, -0.1) is 0 Å². The molecule has 1 aromatic heterocycles. The van der Waals surface area contributed by atoms with Crippen molar-refractivity contribution in [2.45, 2.75) is 13.3 Å². The molecule has 2 N–H and O–H groups in total. The Bertz CT molecular complexity index is 806. The van der Waals surface area contributed by atoms with Crippen molar-refractivity contribution in [1.29, 1.82) is 0 Å². The van der Waals surface area contributed by atoms with Gasteiger partial charge in [0.1, 0.15) is 0 Å². The summed E-state index contributed by atoms with van der Waals surface area (Å²) >= 11 is 0. The summed E-state index contributed by atoms with van der Waals surface area (Å²) in [4.78, 5) is 13.5. The van der Waals surface area contributed by atoms with Crippen LogP contribution < -0.4 is 5.32 Å². The Kier molecular flexibility index (Phi) is 3.78. The topological polar surface area (TPSA) is 71.0 Å². The first-order valence-corrected chi connectivity index (χ1v) is 7.19. The van der Waals surface area contributed by atoms with Crippen LogP contribution in [-0.2, 0) is 6.42 Å². The molecule has 0 saturated carbocycles. The molecule has 0 bridgehead atoms. The number of nitro benzene ring substituents is 1. The molecule has 1 heterocycles. The predicted octanol–water partition coefficient (Wildman–Crippen LogP) is 4.04. The summed E-state index contributed by atoms with van der Waals surface area (Å²) in [5.74, 6) is 0. The quantitative estimate of drug-likeness (QED) is 0.551. The molecule has 3 rings (SSSR count). The second kappa shape index (κ2) is 5.89. The Labute approximate surface area is 128 Å². The lowest BCUT2D eigenvalue weighted by atomic mass is 10.1. The fraction of sp³-hybridized carbons (Fsp3) is 0.176. The monoisotopic (exact) mass is 295 g/mol. The number of benzene rings is 2. The first kappa shape index (κ1) is 14.1. The molecule has 0 spiro atoms. The average Bonchev–Trinajstić information content (AvgIpc) is 2.93. The zero-order chi connectivity index (χ0) is 15.5. The number of rotatable bonds is 5. The van der Waals surface area contributed by atoms with Gasteiger partial charge in [-0.2, -0.15) is 0 Å². The predicted molar refractivity (Wildman–Crippen MR) is 88.3 cm³/mol. The van der Waals surface area contributed by atoms with E-state index in [0.29, 0.717) is 0 Å². The van der Waals surface area contributed by atoms with E-state index in [4.69, 9.17) is 0 Å². The molecule has 3 aromatic rings. The van der Waals surface area contributed by atoms with Gasteiger partial charge >= 0.3 is 0 Å². The number of fused-ring (bicyclic) bond motifs is 1. The largest absolute Gasteiger partial charge is 0.385 e. The summed E-state index contributed by atoms with van der Waals surface area (Å²) in [7, 11) is 0. The average molecular weight is 295 g/mol. The molecule has 0 amide bonds. The van der Waals surface area contributed by atoms with Crippen LogP contribution in [0, 0.1) is 17.0 Å². The Balaban J connectivity index is 1.65. The van der Waals surface area contributed by atoms with Gasteiger partial charge in [-0.1, -0.05) is 18.2 Å². The number of anilines is 1. The normalized spacial score (nSPS) is 10.8. The lowest BCUT2D eigenvalue weighted by Crippen LogP contribution is -2.04. The van der Waals surface area contributed by atoms with Crippen LogP contribution in [0.4, 0.5) is 11.4 Å². The van der Waals surface area contributed by atoms with Crippen molar-refractivity contribution in [2.75, 3.05) is 11.9 Å². The van der Waals surface area contributed by atoms with Crippen LogP contribution in [0.5, 0.6) is 0 Å². The molecule has 0 saturated heterocycles. The van der Waals surface area contributed by atoms with Crippen molar-refractivity contribution in [2.24, 2.45) is 0 Å². The molecular formula is C17H17N3O2. The lowest BCUT2D eigenvalue weighted by molar-refractivity contribution is -0.384. The van der Waals surface area contributed by atoms with Crippen molar-refractivity contribution >= 4 is 22.3 Å². The molecule has 0 atom stereocenters. The van der Waals surface area contributed by atoms with Crippen LogP contribution in [0.3, 0.4) is 0 Å². The SMILES string of the molecule is Cc1cccc2c(CCNc3ccc([N+](=O)[O-])cc3)c[nH]c12. The standard InChI is InChI=1S/C17H17N3O2/c1-12-3-2-4-16-13(11-19-17(12)16)9-10-18-14-5-7-15(8-6-14)20(21)22/h2-8,11,18-19H,9-10H2,1H3. The highest BCUT2D eigenvalue weighted by Gasteiger charge is 2.06. The van der Waals surface area contributed by atoms with Gasteiger partial charge in [-0.05, 0) is 36.6 Å². The van der Waals surface area contributed by atoms with E-state index >= 15 is 0 Å². The number of nitrogens with one attached hydrogen (secondary N) is 2. The third-order valence-corrected chi connectivity index (χ3v) is 3.81. The Morgan fingerprint density at radius 2 is 1.95 bits per heavy atom. The van der Waals surface area contributed by atoms with Crippen LogP contribution in [0.25, 0.3) is 10.9 Å². The highest BCUT2D eigenvalue weighted by Crippen LogP contribution is 2.22. The molecule has 22 heavy (non-hydrogen) atoms. The van der Waals surface area contributed by atoms with Crippen molar-refractivity contribution < 1.29 is 4.92 Å². The van der Waals surface area contributed by atoms with Crippen molar-refractivity contribution in [3.05, 3.63) is 69.9 Å². The minimum absolute atomic E-state index is 0.109. The van der Waals surface area contributed by atoms with Crippen LogP contribution in [0.15, 0.2) is 48.7 Å². The third-order valence-electron chi connectivity index (χ3n) is 3.81. The number of aryl methyl sites for hydroxylation is 1. The zero-order valence-corrected chi connectivity index (χ0v) is 12.3. The maximum Gasteiger partial charge on any atom is 0.269 e. The molecule has 2 aromatic carbocycles. The molecule has 112 valence electrons. The summed E-state index contributed by atoms with van der Waals surface area (Å²) in [6, 6.07) is 12.8. The first-order chi connectivity index (χ1) is 10.6. The number of aromatic amines is 1. The summed E-state index contributed by atoms with van der Waals surface area (Å²) < 4.78 is 0. The molecule has 5 heteroatoms. The highest BCUT2D eigenvalue weighted by atomic mass is 16.6. The summed E-state index contributed by atoms with van der Waals surface area (Å²) in [5.41, 5.74) is 4.70. The number of hydrogen-bond donors (Lipinski definition) is 2. The number of hydrogen-bond acceptors (Lipinski definition) is 3. The van der Waals surface area contributed by atoms with Crippen LogP contribution in [-0.4, -0.2) is 16.5 Å². The third kappa shape index (κ3) is 2.79. The second-order valence-corrected chi connectivity index (χ2v) is 5.29. The van der Waals surface area contributed by atoms with Gasteiger partial charge in [0.15, 0.2) is 0 Å². The maximum atomic E-state index is 10.6. The Morgan fingerprint density at radius 3 is 2.68 bits per heavy atom. The van der Waals surface area contributed by atoms with E-state index in [9.17, 15) is 10.1 Å². The molecule has 0 unspecified atom stereocenters. The van der Waals surface area contributed by atoms with E-state index in [2.05, 4.69) is 41.6 Å². The van der Waals surface area contributed by atoms with Crippen LogP contribution >= 0.6 is 0 Å². The second-order valence-electron chi connectivity index (χ2n) is 5.29. The van der Waals surface area contributed by atoms with Crippen LogP contribution in [0.1, 0.15) is 11.1 Å². The molecular weight excluding hydrogens is 278 g/mol. The first-order valence-electron chi connectivity index (χ1n) is 7.19. The fourth-order valence-electron chi connectivity index (χ4n) is 2.61. The highest BCUT2D eigenvalue weighted by molar-refractivity contribution is 5.85. The molecule has 0 aliphatic heterocycles. The number of nitro groups is 1. The lowest BCUT2D eigenvalue weighted by Gasteiger charge is -2.05. The van der Waals surface area contributed by atoms with Gasteiger partial charge in [-0.3, -0.25) is 10.1 Å². The number of nitrogens with zero attached hydrogens (tertiary/aromatic N) is 1. The van der Waals surface area contributed by atoms with E-state index in [0.717, 1.165) is 18.7 Å². The maximum absolute atomic E-state index is 10.6. The van der Waals surface area contributed by atoms with E-state index < -0.39 is 4.92 Å². The smallest absolute Gasteiger partial charge is 0.269 e. The van der Waals surface area contributed by atoms with E-state index in [1.54, 1.807) is 12.1 Å². The summed E-state index contributed by atoms with van der Waals surface area (Å²) in [6.07, 6.45) is 2.94. The number of H-pyrrole nitrogens is 1. The zero-order valence-electron chi connectivity index (χ0n) is 12.3. The van der Waals surface area contributed by atoms with Crippen molar-refractivity contribution in [1.82, 2.24) is 4.98 Å². The van der Waals surface area contributed by atoms with Gasteiger partial charge in [0.25, 0.3) is 5.69 Å². The van der Waals surface area contributed by atoms with Gasteiger partial charge in [-0.25, -0.2) is 0 Å². The van der Waals surface area contributed by atoms with Crippen molar-refractivity contribution in [3.8, 4) is 0 Å². The van der Waals surface area contributed by atoms with Gasteiger partial charge in [0.2, 0.25) is 0 Å². The summed E-state index contributed by atoms with van der Waals surface area (Å²) in [5, 5.41) is 15.2. The molecule has 5 nitrogen and oxygen atoms in total. The molecule has 0 aliphatic carbocycles. The van der Waals surface area contributed by atoms with Gasteiger partial charge in [0.05, 0.1) is 4.92 Å². The Morgan fingerprint density at radius 1 is 1.18 bits per heavy atom. The minimum Gasteiger partial charge on any atom is -0.385 e. The van der Waals surface area contributed by atoms with E-state index in [1.807, 2.05) is 0 Å². The molecule has 0 radical (unpaired) electrons. The fourth-order valence-corrected chi connectivity index (χ4v) is 2.61. The van der Waals surface area contributed by atoms with Gasteiger partial charge in [0, 0.05) is 41.5 Å². The Hall–Kier alpha value is -2.82. The van der Waals surface area contributed by atoms with Crippen LogP contribution in [0.2, 0.25) is 0 Å². The van der Waals surface area contributed by atoms with Gasteiger partial charge < -0.3 is 10.3 Å². The summed E-state index contributed by atoms with van der Waals surface area (Å²) in [6.45, 7) is 2.87. The van der Waals surface area contributed by atoms with Crippen molar-refractivity contribution in [3.63, 3.8) is 0 Å². The number of aromatic nitrogens is 1. The molecule has 0 fully saturated rings. The molecule has 0 aliphatic rings. The number of non-ortho nitro benzene ring substituents is 1. The minimum atomic E-state index is -0.391. The van der Waals surface area contributed by atoms with E-state index in [1.165, 1.54) is 34.2 Å². The van der Waals surface area contributed by atoms with E-state index in [-0.39, 0.29) is 5.69 Å².